The van der Waals surface area contributed by atoms with Gasteiger partial charge in [-0.25, -0.2) is 10.1 Å². The van der Waals surface area contributed by atoms with Gasteiger partial charge in [0.05, 0.1) is 5.71 Å². The van der Waals surface area contributed by atoms with Crippen molar-refractivity contribution >= 4 is 17.6 Å². The molecule has 0 unspecified atom stereocenters. The lowest BCUT2D eigenvalue weighted by Crippen LogP contribution is -2.27. The van der Waals surface area contributed by atoms with E-state index in [0.29, 0.717) is 11.1 Å². The first-order valence-electron chi connectivity index (χ1n) is 7.56. The first-order chi connectivity index (χ1) is 11.8. The molecule has 0 saturated carbocycles. The van der Waals surface area contributed by atoms with E-state index in [0.717, 1.165) is 29.7 Å². The summed E-state index contributed by atoms with van der Waals surface area (Å²) >= 11 is 0. The number of nitrogens with one attached hydrogen (secondary N) is 1. The summed E-state index contributed by atoms with van der Waals surface area (Å²) in [5.74, 6) is -2.51. The van der Waals surface area contributed by atoms with E-state index in [1.807, 2.05) is 24.3 Å². The molecule has 2 aromatic rings. The number of anilines is 1. The van der Waals surface area contributed by atoms with Crippen molar-refractivity contribution in [2.45, 2.75) is 32.0 Å². The fraction of sp³-hybridized carbons (Fsp3) is 0.333. The average molecular weight is 352 g/mol. The molecular formula is C15H15F3N6O. The van der Waals surface area contributed by atoms with Crippen molar-refractivity contribution in [3.05, 3.63) is 41.2 Å². The van der Waals surface area contributed by atoms with Crippen LogP contribution >= 0.6 is 0 Å². The summed E-state index contributed by atoms with van der Waals surface area (Å²) in [6.07, 6.45) is -2.15. The zero-order chi connectivity index (χ0) is 18.0. The minimum atomic E-state index is -4.72. The number of hydrogen-bond acceptors (Lipinski definition) is 5. The van der Waals surface area contributed by atoms with Crippen molar-refractivity contribution < 1.29 is 18.0 Å². The van der Waals surface area contributed by atoms with Gasteiger partial charge in [0, 0.05) is 5.56 Å². The van der Waals surface area contributed by atoms with Crippen molar-refractivity contribution in [2.24, 2.45) is 5.10 Å². The Bertz CT molecular complexity index is 827. The van der Waals surface area contributed by atoms with Gasteiger partial charge < -0.3 is 5.73 Å². The first-order valence-corrected chi connectivity index (χ1v) is 7.56. The number of aromatic nitrogens is 3. The molecule has 25 heavy (non-hydrogen) atoms. The largest absolute Gasteiger partial charge is 0.453 e. The number of fused-ring (bicyclic) bond motifs is 1. The molecule has 0 fully saturated rings. The highest BCUT2D eigenvalue weighted by atomic mass is 19.4. The molecule has 1 heterocycles. The summed E-state index contributed by atoms with van der Waals surface area (Å²) in [6, 6.07) is 7.74. The van der Waals surface area contributed by atoms with Crippen LogP contribution in [0, 0.1) is 0 Å². The van der Waals surface area contributed by atoms with E-state index in [1.165, 1.54) is 0 Å². The number of carbonyl (C=O) groups is 1. The number of amides is 1. The summed E-state index contributed by atoms with van der Waals surface area (Å²) in [6.45, 7) is -0.507. The number of carbonyl (C=O) groups excluding carboxylic acids is 1. The molecule has 0 bridgehead atoms. The van der Waals surface area contributed by atoms with Crippen LogP contribution < -0.4 is 11.2 Å². The van der Waals surface area contributed by atoms with E-state index >= 15 is 0 Å². The fourth-order valence-corrected chi connectivity index (χ4v) is 2.61. The van der Waals surface area contributed by atoms with Crippen molar-refractivity contribution in [1.82, 2.24) is 20.2 Å². The van der Waals surface area contributed by atoms with E-state index in [-0.39, 0.29) is 0 Å². The third-order valence-electron chi connectivity index (χ3n) is 3.75. The highest BCUT2D eigenvalue weighted by molar-refractivity contribution is 6.03. The second-order valence-electron chi connectivity index (χ2n) is 5.55. The Balaban J connectivity index is 1.69. The van der Waals surface area contributed by atoms with Gasteiger partial charge in [0.15, 0.2) is 0 Å². The normalized spacial score (nSPS) is 15.9. The molecule has 1 aromatic carbocycles. The second-order valence-corrected chi connectivity index (χ2v) is 5.55. The van der Waals surface area contributed by atoms with Crippen LogP contribution in [0.5, 0.6) is 0 Å². The molecular weight excluding hydrogens is 337 g/mol. The van der Waals surface area contributed by atoms with E-state index < -0.39 is 30.4 Å². The predicted octanol–water partition coefficient (Wildman–Crippen LogP) is 1.74. The summed E-state index contributed by atoms with van der Waals surface area (Å²) in [7, 11) is 0. The minimum Gasteiger partial charge on any atom is -0.368 e. The van der Waals surface area contributed by atoms with Crippen molar-refractivity contribution in [3.8, 4) is 0 Å². The van der Waals surface area contributed by atoms with Crippen LogP contribution in [0.1, 0.15) is 29.8 Å². The maximum absolute atomic E-state index is 12.5. The summed E-state index contributed by atoms with van der Waals surface area (Å²) < 4.78 is 38.3. The van der Waals surface area contributed by atoms with E-state index in [9.17, 15) is 18.0 Å². The number of nitrogens with two attached hydrogens (primary N) is 1. The number of hydrogen-bond donors (Lipinski definition) is 2. The van der Waals surface area contributed by atoms with Gasteiger partial charge in [-0.1, -0.05) is 24.3 Å². The lowest BCUT2D eigenvalue weighted by Gasteiger charge is -2.17. The Labute approximate surface area is 140 Å². The monoisotopic (exact) mass is 352 g/mol. The Morgan fingerprint density at radius 1 is 1.32 bits per heavy atom. The molecule has 0 aliphatic heterocycles. The van der Waals surface area contributed by atoms with Gasteiger partial charge in [-0.15, -0.1) is 5.10 Å². The molecule has 0 radical (unpaired) electrons. The molecule has 7 nitrogen and oxygen atoms in total. The van der Waals surface area contributed by atoms with Crippen LogP contribution in [0.3, 0.4) is 0 Å². The van der Waals surface area contributed by atoms with E-state index in [2.05, 4.69) is 20.6 Å². The van der Waals surface area contributed by atoms with Crippen LogP contribution in [0.4, 0.5) is 19.1 Å². The Morgan fingerprint density at radius 3 is 2.80 bits per heavy atom. The third-order valence-corrected chi connectivity index (χ3v) is 3.75. The highest BCUT2D eigenvalue weighted by Gasteiger charge is 2.37. The number of aryl methyl sites for hydroxylation is 1. The zero-order valence-corrected chi connectivity index (χ0v) is 13.0. The Kier molecular flexibility index (Phi) is 4.43. The predicted molar refractivity (Wildman–Crippen MR) is 83.5 cm³/mol. The van der Waals surface area contributed by atoms with Gasteiger partial charge >= 0.3 is 6.18 Å². The third kappa shape index (κ3) is 3.78. The Hall–Kier alpha value is -2.91. The summed E-state index contributed by atoms with van der Waals surface area (Å²) in [5, 5.41) is 7.30. The molecule has 1 aromatic heterocycles. The number of halogens is 3. The van der Waals surface area contributed by atoms with Crippen LogP contribution in [0.15, 0.2) is 29.4 Å². The van der Waals surface area contributed by atoms with Gasteiger partial charge in [-0.05, 0) is 24.8 Å². The molecule has 3 rings (SSSR count). The van der Waals surface area contributed by atoms with E-state index in [4.69, 9.17) is 5.73 Å². The van der Waals surface area contributed by atoms with Crippen LogP contribution in [0.2, 0.25) is 0 Å². The first kappa shape index (κ1) is 16.9. The molecule has 1 aliphatic carbocycles. The molecule has 1 aliphatic rings. The van der Waals surface area contributed by atoms with Gasteiger partial charge in [0.1, 0.15) is 6.54 Å². The summed E-state index contributed by atoms with van der Waals surface area (Å²) in [5.41, 5.74) is 10.6. The topological polar surface area (TPSA) is 98.2 Å². The molecule has 10 heteroatoms. The standard InChI is InChI=1S/C15H15F3N6O/c16-15(17,18)13-20-14(19)24(23-13)8-12(25)22-21-11-7-3-5-9-4-1-2-6-10(9)11/h1-2,4,6H,3,5,7-8H2,(H,22,25)(H2,19,20,23)/b21-11-. The quantitative estimate of drug-likeness (QED) is 0.822. The number of hydrazone groups is 1. The van der Waals surface area contributed by atoms with Crippen LogP contribution in [0.25, 0.3) is 0 Å². The number of nitrogen functional groups attached to an aromatic ring is 1. The maximum atomic E-state index is 12.5. The molecule has 1 amide bonds. The molecule has 0 saturated heterocycles. The lowest BCUT2D eigenvalue weighted by atomic mass is 9.90. The van der Waals surface area contributed by atoms with Crippen molar-refractivity contribution in [2.75, 3.05) is 5.73 Å². The molecule has 0 spiro atoms. The smallest absolute Gasteiger partial charge is 0.368 e. The fourth-order valence-electron chi connectivity index (χ4n) is 2.61. The average Bonchev–Trinajstić information content (AvgIpc) is 2.94. The maximum Gasteiger partial charge on any atom is 0.453 e. The number of benzene rings is 1. The highest BCUT2D eigenvalue weighted by Crippen LogP contribution is 2.26. The van der Waals surface area contributed by atoms with Crippen LogP contribution in [-0.2, 0) is 23.9 Å². The van der Waals surface area contributed by atoms with Gasteiger partial charge in [0.2, 0.25) is 5.95 Å². The van der Waals surface area contributed by atoms with Crippen molar-refractivity contribution in [1.29, 1.82) is 0 Å². The Morgan fingerprint density at radius 2 is 2.08 bits per heavy atom. The summed E-state index contributed by atoms with van der Waals surface area (Å²) in [4.78, 5) is 15.0. The van der Waals surface area contributed by atoms with Crippen LogP contribution in [-0.4, -0.2) is 26.4 Å². The second kappa shape index (κ2) is 6.54. The SMILES string of the molecule is Nc1nc(C(F)(F)F)nn1CC(=O)N/N=C1/CCCc2ccccc21. The van der Waals surface area contributed by atoms with Gasteiger partial charge in [-0.3, -0.25) is 4.79 Å². The van der Waals surface area contributed by atoms with E-state index in [1.54, 1.807) is 0 Å². The lowest BCUT2D eigenvalue weighted by molar-refractivity contribution is -0.145. The molecule has 3 N–H and O–H groups in total. The molecule has 132 valence electrons. The number of rotatable bonds is 3. The number of nitrogens with zero attached hydrogens (tertiary/aromatic N) is 4. The van der Waals surface area contributed by atoms with Gasteiger partial charge in [-0.2, -0.15) is 23.3 Å². The molecule has 0 atom stereocenters. The van der Waals surface area contributed by atoms with Gasteiger partial charge in [0.25, 0.3) is 11.7 Å². The minimum absolute atomic E-state index is 0.488. The number of alkyl halides is 3. The zero-order valence-electron chi connectivity index (χ0n) is 13.0. The van der Waals surface area contributed by atoms with Crippen molar-refractivity contribution in [3.63, 3.8) is 0 Å².